The van der Waals surface area contributed by atoms with Gasteiger partial charge >= 0.3 is 5.63 Å². The van der Waals surface area contributed by atoms with Crippen molar-refractivity contribution in [1.82, 2.24) is 0 Å². The second-order valence-corrected chi connectivity index (χ2v) is 3.13. The van der Waals surface area contributed by atoms with Crippen molar-refractivity contribution in [3.05, 3.63) is 40.2 Å². The van der Waals surface area contributed by atoms with Crippen LogP contribution in [0.5, 0.6) is 5.75 Å². The number of hydrogen-bond acceptors (Lipinski definition) is 3. The Kier molecular flexibility index (Phi) is 2.00. The first kappa shape index (κ1) is 8.81. The van der Waals surface area contributed by atoms with E-state index in [0.29, 0.717) is 17.6 Å². The summed E-state index contributed by atoms with van der Waals surface area (Å²) in [4.78, 5) is 11.3. The molecule has 0 aliphatic carbocycles. The van der Waals surface area contributed by atoms with Gasteiger partial charge in [0.1, 0.15) is 11.3 Å². The molecule has 0 atom stereocenters. The van der Waals surface area contributed by atoms with Crippen LogP contribution < -0.4 is 5.63 Å². The third-order valence-corrected chi connectivity index (χ3v) is 2.17. The Morgan fingerprint density at radius 2 is 2.14 bits per heavy atom. The molecule has 1 aromatic carbocycles. The molecule has 1 heterocycles. The normalized spacial score (nSPS) is 10.6. The Bertz CT molecular complexity index is 526. The predicted molar refractivity (Wildman–Crippen MR) is 53.5 cm³/mol. The van der Waals surface area contributed by atoms with Crippen LogP contribution in [0.3, 0.4) is 0 Å². The molecule has 0 amide bonds. The molecule has 2 rings (SSSR count). The third-order valence-electron chi connectivity index (χ3n) is 2.17. The van der Waals surface area contributed by atoms with Gasteiger partial charge in [-0.3, -0.25) is 0 Å². The zero-order valence-electron chi connectivity index (χ0n) is 7.78. The molecule has 1 aromatic heterocycles. The summed E-state index contributed by atoms with van der Waals surface area (Å²) in [6, 6.07) is 6.53. The summed E-state index contributed by atoms with van der Waals surface area (Å²) in [7, 11) is 0. The number of aryl methyl sites for hydroxylation is 1. The molecule has 0 radical (unpaired) electrons. The van der Waals surface area contributed by atoms with Crippen molar-refractivity contribution in [2.75, 3.05) is 0 Å². The standard InChI is InChI=1S/C11H10O3/c1-2-7-5-8-3-4-9(12)6-10(8)14-11(7)13/h3-6,12H,2H2,1H3. The highest BCUT2D eigenvalue weighted by molar-refractivity contribution is 5.78. The lowest BCUT2D eigenvalue weighted by molar-refractivity contribution is 0.473. The van der Waals surface area contributed by atoms with Crippen LogP contribution in [0, 0.1) is 0 Å². The minimum absolute atomic E-state index is 0.102. The molecule has 0 bridgehead atoms. The monoisotopic (exact) mass is 190 g/mol. The number of phenols is 1. The summed E-state index contributed by atoms with van der Waals surface area (Å²) in [6.07, 6.45) is 0.652. The molecule has 0 aliphatic rings. The van der Waals surface area contributed by atoms with Gasteiger partial charge in [-0.05, 0) is 24.6 Å². The van der Waals surface area contributed by atoms with Gasteiger partial charge < -0.3 is 9.52 Å². The molecule has 0 saturated carbocycles. The third kappa shape index (κ3) is 1.37. The smallest absolute Gasteiger partial charge is 0.339 e. The Hall–Kier alpha value is -1.77. The molecular weight excluding hydrogens is 180 g/mol. The summed E-state index contributed by atoms with van der Waals surface area (Å²) in [5.74, 6) is 0.102. The first-order valence-electron chi connectivity index (χ1n) is 4.46. The average molecular weight is 190 g/mol. The number of benzene rings is 1. The van der Waals surface area contributed by atoms with E-state index in [4.69, 9.17) is 4.42 Å². The Morgan fingerprint density at radius 1 is 1.36 bits per heavy atom. The van der Waals surface area contributed by atoms with Crippen LogP contribution >= 0.6 is 0 Å². The molecule has 72 valence electrons. The lowest BCUT2D eigenvalue weighted by atomic mass is 10.1. The second kappa shape index (κ2) is 3.18. The van der Waals surface area contributed by atoms with Gasteiger partial charge in [0.2, 0.25) is 0 Å². The van der Waals surface area contributed by atoms with Gasteiger partial charge in [-0.15, -0.1) is 0 Å². The van der Waals surface area contributed by atoms with Gasteiger partial charge in [0, 0.05) is 17.0 Å². The maximum Gasteiger partial charge on any atom is 0.339 e. The van der Waals surface area contributed by atoms with Gasteiger partial charge in [-0.25, -0.2) is 4.79 Å². The number of fused-ring (bicyclic) bond motifs is 1. The zero-order chi connectivity index (χ0) is 10.1. The molecule has 1 N–H and O–H groups in total. The van der Waals surface area contributed by atoms with Crippen LogP contribution in [-0.2, 0) is 6.42 Å². The van der Waals surface area contributed by atoms with E-state index in [9.17, 15) is 9.90 Å². The van der Waals surface area contributed by atoms with E-state index in [-0.39, 0.29) is 11.4 Å². The van der Waals surface area contributed by atoms with Gasteiger partial charge in [-0.1, -0.05) is 6.92 Å². The van der Waals surface area contributed by atoms with Crippen LogP contribution in [0.2, 0.25) is 0 Å². The largest absolute Gasteiger partial charge is 0.508 e. The van der Waals surface area contributed by atoms with E-state index in [1.54, 1.807) is 18.2 Å². The Balaban J connectivity index is 2.79. The van der Waals surface area contributed by atoms with Crippen molar-refractivity contribution in [3.63, 3.8) is 0 Å². The van der Waals surface area contributed by atoms with Gasteiger partial charge in [0.25, 0.3) is 0 Å². The number of aromatic hydroxyl groups is 1. The van der Waals surface area contributed by atoms with Crippen LogP contribution in [-0.4, -0.2) is 5.11 Å². The van der Waals surface area contributed by atoms with Crippen molar-refractivity contribution >= 4 is 11.0 Å². The highest BCUT2D eigenvalue weighted by atomic mass is 16.4. The predicted octanol–water partition coefficient (Wildman–Crippen LogP) is 2.06. The summed E-state index contributed by atoms with van der Waals surface area (Å²) in [6.45, 7) is 1.90. The number of hydrogen-bond donors (Lipinski definition) is 1. The minimum atomic E-state index is -0.328. The van der Waals surface area contributed by atoms with E-state index in [2.05, 4.69) is 0 Å². The summed E-state index contributed by atoms with van der Waals surface area (Å²) in [5, 5.41) is 10.0. The van der Waals surface area contributed by atoms with Crippen LogP contribution in [0.25, 0.3) is 11.0 Å². The minimum Gasteiger partial charge on any atom is -0.508 e. The van der Waals surface area contributed by atoms with E-state index in [1.165, 1.54) is 6.07 Å². The van der Waals surface area contributed by atoms with Crippen molar-refractivity contribution in [2.45, 2.75) is 13.3 Å². The lowest BCUT2D eigenvalue weighted by Crippen LogP contribution is -2.05. The first-order chi connectivity index (χ1) is 6.70. The summed E-state index contributed by atoms with van der Waals surface area (Å²) >= 11 is 0. The molecule has 14 heavy (non-hydrogen) atoms. The molecule has 0 unspecified atom stereocenters. The van der Waals surface area contributed by atoms with E-state index < -0.39 is 0 Å². The quantitative estimate of drug-likeness (QED) is 0.700. The Labute approximate surface area is 80.6 Å². The molecule has 2 aromatic rings. The molecule has 0 aliphatic heterocycles. The second-order valence-electron chi connectivity index (χ2n) is 3.13. The molecule has 3 heteroatoms. The molecule has 0 spiro atoms. The molecule has 0 saturated heterocycles. The summed E-state index contributed by atoms with van der Waals surface area (Å²) < 4.78 is 5.05. The van der Waals surface area contributed by atoms with Gasteiger partial charge in [0.15, 0.2) is 0 Å². The molecular formula is C11H10O3. The first-order valence-corrected chi connectivity index (χ1v) is 4.46. The number of rotatable bonds is 1. The maximum absolute atomic E-state index is 11.3. The Morgan fingerprint density at radius 3 is 2.86 bits per heavy atom. The molecule has 3 nitrogen and oxygen atoms in total. The topological polar surface area (TPSA) is 50.4 Å². The van der Waals surface area contributed by atoms with E-state index >= 15 is 0 Å². The van der Waals surface area contributed by atoms with E-state index in [0.717, 1.165) is 5.39 Å². The number of phenolic OH excluding ortho intramolecular Hbond substituents is 1. The SMILES string of the molecule is CCc1cc2ccc(O)cc2oc1=O. The highest BCUT2D eigenvalue weighted by Crippen LogP contribution is 2.19. The lowest BCUT2D eigenvalue weighted by Gasteiger charge is -1.99. The fourth-order valence-corrected chi connectivity index (χ4v) is 1.39. The van der Waals surface area contributed by atoms with Crippen molar-refractivity contribution in [3.8, 4) is 5.75 Å². The van der Waals surface area contributed by atoms with E-state index in [1.807, 2.05) is 6.92 Å². The van der Waals surface area contributed by atoms with Gasteiger partial charge in [0.05, 0.1) is 0 Å². The van der Waals surface area contributed by atoms with Crippen LogP contribution in [0.1, 0.15) is 12.5 Å². The van der Waals surface area contributed by atoms with Crippen LogP contribution in [0.15, 0.2) is 33.5 Å². The van der Waals surface area contributed by atoms with Crippen LogP contribution in [0.4, 0.5) is 0 Å². The fourth-order valence-electron chi connectivity index (χ4n) is 1.39. The maximum atomic E-state index is 11.3. The summed E-state index contributed by atoms with van der Waals surface area (Å²) in [5.41, 5.74) is 0.751. The highest BCUT2D eigenvalue weighted by Gasteiger charge is 2.03. The fraction of sp³-hybridized carbons (Fsp3) is 0.182. The van der Waals surface area contributed by atoms with Crippen molar-refractivity contribution in [1.29, 1.82) is 0 Å². The van der Waals surface area contributed by atoms with Crippen molar-refractivity contribution in [2.24, 2.45) is 0 Å². The average Bonchev–Trinajstić information content (AvgIpc) is 2.16. The zero-order valence-corrected chi connectivity index (χ0v) is 7.78. The van der Waals surface area contributed by atoms with Gasteiger partial charge in [-0.2, -0.15) is 0 Å². The molecule has 0 fully saturated rings. The van der Waals surface area contributed by atoms with Crippen molar-refractivity contribution < 1.29 is 9.52 Å².